The molecule has 1 fully saturated rings. The van der Waals surface area contributed by atoms with E-state index in [4.69, 9.17) is 9.47 Å². The molecule has 0 spiro atoms. The van der Waals surface area contributed by atoms with Crippen LogP contribution in [0.1, 0.15) is 30.1 Å². The molecule has 2 aromatic heterocycles. The topological polar surface area (TPSA) is 109 Å². The zero-order chi connectivity index (χ0) is 23.7. The van der Waals surface area contributed by atoms with Crippen LogP contribution >= 0.6 is 0 Å². The number of H-pyrrole nitrogens is 1. The first-order valence-electron chi connectivity index (χ1n) is 11.2. The number of benzene rings is 2. The second-order valence-corrected chi connectivity index (χ2v) is 8.69. The molecule has 174 valence electrons. The highest BCUT2D eigenvalue weighted by atomic mass is 16.5. The number of rotatable bonds is 6. The Morgan fingerprint density at radius 3 is 2.91 bits per heavy atom. The summed E-state index contributed by atoms with van der Waals surface area (Å²) in [6.07, 6.45) is 3.61. The Bertz CT molecular complexity index is 1360. The number of fused-ring (bicyclic) bond motifs is 1. The number of carbonyl (C=O) groups is 1. The van der Waals surface area contributed by atoms with Crippen molar-refractivity contribution < 1.29 is 19.4 Å². The maximum atomic E-state index is 12.7. The lowest BCUT2D eigenvalue weighted by molar-refractivity contribution is 0.0206. The number of ether oxygens (including phenoxy) is 2. The fraction of sp³-hybridized carbons (Fsp3) is 0.269. The third-order valence-corrected chi connectivity index (χ3v) is 6.19. The number of amides is 1. The molecule has 3 N–H and O–H groups in total. The molecule has 2 aromatic carbocycles. The average molecular weight is 459 g/mol. The van der Waals surface area contributed by atoms with Crippen LogP contribution in [0, 0.1) is 0 Å². The minimum Gasteiger partial charge on any atom is -0.507 e. The largest absolute Gasteiger partial charge is 0.507 e. The number of aromatic amines is 1. The van der Waals surface area contributed by atoms with Crippen LogP contribution in [0.25, 0.3) is 33.5 Å². The second kappa shape index (κ2) is 8.79. The van der Waals surface area contributed by atoms with Gasteiger partial charge in [-0.15, -0.1) is 0 Å². The normalized spacial score (nSPS) is 17.7. The van der Waals surface area contributed by atoms with E-state index in [9.17, 15) is 9.90 Å². The van der Waals surface area contributed by atoms with Crippen LogP contribution in [-0.4, -0.2) is 51.8 Å². The van der Waals surface area contributed by atoms with Gasteiger partial charge in [0.05, 0.1) is 29.3 Å². The fourth-order valence-corrected chi connectivity index (χ4v) is 4.29. The summed E-state index contributed by atoms with van der Waals surface area (Å²) in [6.45, 7) is 3.22. The number of aromatic nitrogens is 3. The minimum absolute atomic E-state index is 0.0911. The van der Waals surface area contributed by atoms with Crippen molar-refractivity contribution in [3.05, 3.63) is 60.3 Å². The van der Waals surface area contributed by atoms with Crippen LogP contribution in [0.4, 0.5) is 0 Å². The number of phenolic OH excluding ortho intramolecular Hbond substituents is 1. The summed E-state index contributed by atoms with van der Waals surface area (Å²) in [5.41, 5.74) is 3.80. The highest BCUT2D eigenvalue weighted by Gasteiger charge is 2.30. The van der Waals surface area contributed by atoms with Gasteiger partial charge in [0.1, 0.15) is 11.6 Å². The predicted molar refractivity (Wildman–Crippen MR) is 129 cm³/mol. The van der Waals surface area contributed by atoms with E-state index in [0.29, 0.717) is 40.4 Å². The summed E-state index contributed by atoms with van der Waals surface area (Å²) in [5, 5.41) is 13.5. The summed E-state index contributed by atoms with van der Waals surface area (Å²) in [6, 6.07) is 14.3. The first-order valence-corrected chi connectivity index (χ1v) is 11.2. The molecule has 0 saturated carbocycles. The van der Waals surface area contributed by atoms with Crippen LogP contribution < -0.4 is 10.1 Å². The molecule has 8 nitrogen and oxygen atoms in total. The number of imidazole rings is 1. The molecule has 1 amide bonds. The highest BCUT2D eigenvalue weighted by Crippen LogP contribution is 2.35. The molecule has 0 bridgehead atoms. The Hall–Kier alpha value is -3.91. The number of phenols is 1. The van der Waals surface area contributed by atoms with Gasteiger partial charge in [0.2, 0.25) is 5.88 Å². The summed E-state index contributed by atoms with van der Waals surface area (Å²) in [4.78, 5) is 24.8. The maximum Gasteiger partial charge on any atom is 0.251 e. The summed E-state index contributed by atoms with van der Waals surface area (Å²) in [5.74, 6) is 0.926. The predicted octanol–water partition coefficient (Wildman–Crippen LogP) is 4.31. The molecule has 1 unspecified atom stereocenters. The number of hydrogen-bond donors (Lipinski definition) is 3. The van der Waals surface area contributed by atoms with Gasteiger partial charge in [-0.3, -0.25) is 4.79 Å². The van der Waals surface area contributed by atoms with E-state index in [1.807, 2.05) is 25.1 Å². The van der Waals surface area contributed by atoms with E-state index in [2.05, 4.69) is 20.3 Å². The lowest BCUT2D eigenvalue weighted by Crippen LogP contribution is -2.40. The Kier molecular flexibility index (Phi) is 5.67. The molecule has 1 saturated heterocycles. The first-order chi connectivity index (χ1) is 16.5. The molecule has 4 aromatic rings. The minimum atomic E-state index is -0.305. The van der Waals surface area contributed by atoms with Crippen LogP contribution in [0.5, 0.6) is 11.6 Å². The molecular formula is C26H26N4O4. The fourth-order valence-electron chi connectivity index (χ4n) is 4.29. The number of aromatic hydroxyl groups is 1. The lowest BCUT2D eigenvalue weighted by atomic mass is 10.0. The Balaban J connectivity index is 1.43. The van der Waals surface area contributed by atoms with Gasteiger partial charge < -0.3 is 24.9 Å². The average Bonchev–Trinajstić information content (AvgIpc) is 3.49. The first kappa shape index (κ1) is 21.9. The Labute approximate surface area is 197 Å². The number of hydrogen-bond acceptors (Lipinski definition) is 6. The zero-order valence-electron chi connectivity index (χ0n) is 19.1. The number of nitrogens with one attached hydrogen (secondary N) is 2. The maximum absolute atomic E-state index is 12.7. The molecule has 1 aliphatic rings. The SMILES string of the molecule is COc1ncccc1-c1ccc(O)c(-c2nc3ccc(C(=O)NCC4(C)CCCO4)cc3[nH]2)c1. The Morgan fingerprint density at radius 2 is 2.12 bits per heavy atom. The van der Waals surface area contributed by atoms with Crippen molar-refractivity contribution in [2.24, 2.45) is 0 Å². The third-order valence-electron chi connectivity index (χ3n) is 6.19. The van der Waals surface area contributed by atoms with Crippen molar-refractivity contribution in [1.82, 2.24) is 20.3 Å². The molecule has 0 aliphatic carbocycles. The number of methoxy groups -OCH3 is 1. The molecular weight excluding hydrogens is 432 g/mol. The molecule has 34 heavy (non-hydrogen) atoms. The smallest absolute Gasteiger partial charge is 0.251 e. The van der Waals surface area contributed by atoms with Gasteiger partial charge in [-0.1, -0.05) is 6.07 Å². The summed E-state index contributed by atoms with van der Waals surface area (Å²) in [7, 11) is 1.57. The Morgan fingerprint density at radius 1 is 1.24 bits per heavy atom. The van der Waals surface area contributed by atoms with Crippen molar-refractivity contribution in [1.29, 1.82) is 0 Å². The van der Waals surface area contributed by atoms with Crippen LogP contribution in [0.3, 0.4) is 0 Å². The summed E-state index contributed by atoms with van der Waals surface area (Å²) >= 11 is 0. The second-order valence-electron chi connectivity index (χ2n) is 8.69. The van der Waals surface area contributed by atoms with Gasteiger partial charge in [-0.25, -0.2) is 9.97 Å². The van der Waals surface area contributed by atoms with Crippen LogP contribution in [0.2, 0.25) is 0 Å². The number of pyridine rings is 1. The van der Waals surface area contributed by atoms with Crippen LogP contribution in [-0.2, 0) is 4.74 Å². The monoisotopic (exact) mass is 458 g/mol. The van der Waals surface area contributed by atoms with Gasteiger partial charge >= 0.3 is 0 Å². The zero-order valence-corrected chi connectivity index (χ0v) is 19.1. The van der Waals surface area contributed by atoms with Crippen molar-refractivity contribution >= 4 is 16.9 Å². The van der Waals surface area contributed by atoms with Crippen molar-refractivity contribution in [2.75, 3.05) is 20.3 Å². The van der Waals surface area contributed by atoms with E-state index in [1.54, 1.807) is 43.6 Å². The van der Waals surface area contributed by atoms with Crippen molar-refractivity contribution in [3.63, 3.8) is 0 Å². The molecule has 1 atom stereocenters. The van der Waals surface area contributed by atoms with Gasteiger partial charge in [0.15, 0.2) is 0 Å². The van der Waals surface area contributed by atoms with Gasteiger partial charge in [-0.2, -0.15) is 0 Å². The number of carbonyl (C=O) groups excluding carboxylic acids is 1. The van der Waals surface area contributed by atoms with Gasteiger partial charge in [-0.05, 0) is 67.8 Å². The highest BCUT2D eigenvalue weighted by molar-refractivity contribution is 5.97. The summed E-state index contributed by atoms with van der Waals surface area (Å²) < 4.78 is 11.1. The van der Waals surface area contributed by atoms with E-state index in [-0.39, 0.29) is 17.3 Å². The number of nitrogens with zero attached hydrogens (tertiary/aromatic N) is 2. The van der Waals surface area contributed by atoms with Crippen molar-refractivity contribution in [2.45, 2.75) is 25.4 Å². The third kappa shape index (κ3) is 4.20. The van der Waals surface area contributed by atoms with Crippen molar-refractivity contribution in [3.8, 4) is 34.1 Å². The molecule has 1 aliphatic heterocycles. The molecule has 5 rings (SSSR count). The van der Waals surface area contributed by atoms with Gasteiger partial charge in [0.25, 0.3) is 5.91 Å². The lowest BCUT2D eigenvalue weighted by Gasteiger charge is -2.23. The molecule has 8 heteroatoms. The van der Waals surface area contributed by atoms with Gasteiger partial charge in [0, 0.05) is 30.5 Å². The quantitative estimate of drug-likeness (QED) is 0.397. The van der Waals surface area contributed by atoms with Crippen LogP contribution in [0.15, 0.2) is 54.7 Å². The van der Waals surface area contributed by atoms with E-state index in [0.717, 1.165) is 30.6 Å². The van der Waals surface area contributed by atoms with E-state index in [1.165, 1.54) is 0 Å². The van der Waals surface area contributed by atoms with E-state index < -0.39 is 0 Å². The van der Waals surface area contributed by atoms with E-state index >= 15 is 0 Å². The standard InChI is InChI=1S/C26H26N4O4/c1-26(10-4-12-34-26)15-28-24(32)17-6-8-20-21(14-17)30-23(29-20)19-13-16(7-9-22(19)31)18-5-3-11-27-25(18)33-2/h3,5-9,11,13-14,31H,4,10,12,15H2,1-2H3,(H,28,32)(H,29,30). The molecule has 3 heterocycles. The molecule has 0 radical (unpaired) electrons.